The van der Waals surface area contributed by atoms with Gasteiger partial charge >= 0.3 is 12.4 Å². The monoisotopic (exact) mass is 656 g/mol. The lowest BCUT2D eigenvalue weighted by atomic mass is 10.00. The molecule has 5 rings (SSSR count). The molecule has 2 amide bonds. The molecule has 2 atom stereocenters. The number of hydrogen-bond acceptors (Lipinski definition) is 6. The first-order valence-electron chi connectivity index (χ1n) is 14.4. The van der Waals surface area contributed by atoms with E-state index in [2.05, 4.69) is 39.0 Å². The lowest BCUT2D eigenvalue weighted by molar-refractivity contribution is -0.274. The van der Waals surface area contributed by atoms with Gasteiger partial charge in [-0.15, -0.1) is 18.3 Å². The van der Waals surface area contributed by atoms with Gasteiger partial charge in [0.15, 0.2) is 11.0 Å². The van der Waals surface area contributed by atoms with E-state index in [1.54, 1.807) is 38.3 Å². The summed E-state index contributed by atoms with van der Waals surface area (Å²) in [7, 11) is 1.62. The van der Waals surface area contributed by atoms with E-state index in [-0.39, 0.29) is 11.7 Å². The van der Waals surface area contributed by atoms with E-state index in [1.807, 2.05) is 23.1 Å². The van der Waals surface area contributed by atoms with Gasteiger partial charge < -0.3 is 19.7 Å². The van der Waals surface area contributed by atoms with Crippen LogP contribution < -0.4 is 19.7 Å². The van der Waals surface area contributed by atoms with Crippen LogP contribution in [0.4, 0.5) is 28.0 Å². The van der Waals surface area contributed by atoms with Crippen molar-refractivity contribution in [1.82, 2.24) is 20.1 Å². The fourth-order valence-corrected chi connectivity index (χ4v) is 5.85. The van der Waals surface area contributed by atoms with E-state index in [0.717, 1.165) is 22.8 Å². The number of nitrogens with zero attached hydrogens (tertiary/aromatic N) is 5. The van der Waals surface area contributed by atoms with E-state index in [4.69, 9.17) is 4.74 Å². The summed E-state index contributed by atoms with van der Waals surface area (Å²) in [4.78, 5) is 23.4. The number of benzene rings is 3. The van der Waals surface area contributed by atoms with Crippen molar-refractivity contribution in [3.63, 3.8) is 0 Å². The van der Waals surface area contributed by atoms with Gasteiger partial charge in [0.1, 0.15) is 24.0 Å². The van der Waals surface area contributed by atoms with Crippen molar-refractivity contribution in [2.45, 2.75) is 45.3 Å². The van der Waals surface area contributed by atoms with Crippen molar-refractivity contribution in [2.24, 2.45) is 4.99 Å². The van der Waals surface area contributed by atoms with Gasteiger partial charge in [-0.2, -0.15) is 4.99 Å². The molecule has 46 heavy (non-hydrogen) atoms. The molecule has 3 aromatic carbocycles. The number of aliphatic imine (C=N–C) groups is 1. The van der Waals surface area contributed by atoms with E-state index >= 15 is 4.39 Å². The summed E-state index contributed by atoms with van der Waals surface area (Å²) in [5, 5.41) is 7.58. The Morgan fingerprint density at radius 2 is 1.72 bits per heavy atom. The number of urea groups is 1. The summed E-state index contributed by atoms with van der Waals surface area (Å²) < 4.78 is 63.4. The maximum Gasteiger partial charge on any atom is 0.573 e. The highest BCUT2D eigenvalue weighted by Gasteiger charge is 2.31. The van der Waals surface area contributed by atoms with E-state index in [0.29, 0.717) is 34.4 Å². The molecule has 14 heteroatoms. The molecule has 2 heterocycles. The Morgan fingerprint density at radius 1 is 1.02 bits per heavy atom. The summed E-state index contributed by atoms with van der Waals surface area (Å²) in [5.41, 5.74) is 3.46. The molecule has 4 aromatic rings. The number of nitrogens with one attached hydrogen (secondary N) is 1. The van der Waals surface area contributed by atoms with Crippen molar-refractivity contribution in [3.8, 4) is 28.6 Å². The molecule has 2 unspecified atom stereocenters. The van der Waals surface area contributed by atoms with Crippen LogP contribution >= 0.6 is 11.8 Å². The number of alkyl halides is 4. The summed E-state index contributed by atoms with van der Waals surface area (Å²) in [6.07, 6.45) is -4.87. The van der Waals surface area contributed by atoms with Gasteiger partial charge in [0.2, 0.25) is 0 Å². The van der Waals surface area contributed by atoms with Crippen LogP contribution in [0.2, 0.25) is 0 Å². The molecule has 1 N–H and O–H groups in total. The quantitative estimate of drug-likeness (QED) is 0.185. The summed E-state index contributed by atoms with van der Waals surface area (Å²) >= 11 is 1.47. The van der Waals surface area contributed by atoms with Crippen LogP contribution in [0.5, 0.6) is 11.5 Å². The van der Waals surface area contributed by atoms with Gasteiger partial charge in [0.25, 0.3) is 0 Å². The lowest BCUT2D eigenvalue weighted by Gasteiger charge is -2.24. The van der Waals surface area contributed by atoms with Crippen LogP contribution in [0.1, 0.15) is 44.0 Å². The molecule has 0 spiro atoms. The first-order chi connectivity index (χ1) is 21.9. The second kappa shape index (κ2) is 13.8. The molecule has 0 aliphatic carbocycles. The zero-order valence-corrected chi connectivity index (χ0v) is 26.3. The zero-order chi connectivity index (χ0) is 33.0. The number of rotatable bonds is 9. The van der Waals surface area contributed by atoms with Crippen molar-refractivity contribution >= 4 is 28.6 Å². The molecule has 0 radical (unpaired) electrons. The fourth-order valence-electron chi connectivity index (χ4n) is 4.90. The average molecular weight is 657 g/mol. The van der Waals surface area contributed by atoms with E-state index in [9.17, 15) is 18.0 Å². The van der Waals surface area contributed by atoms with Crippen LogP contribution in [0.3, 0.4) is 0 Å². The van der Waals surface area contributed by atoms with Crippen LogP contribution in [0.15, 0.2) is 78.0 Å². The summed E-state index contributed by atoms with van der Waals surface area (Å²) in [6, 6.07) is 16.0. The number of aromatic nitrogens is 3. The number of amides is 2. The third kappa shape index (κ3) is 7.79. The first-order valence-corrected chi connectivity index (χ1v) is 15.4. The lowest BCUT2D eigenvalue weighted by Crippen LogP contribution is -2.35. The molecule has 9 nitrogen and oxygen atoms in total. The number of carbonyl (C=O) groups excluding carboxylic acids is 1. The number of thioether (sulfide) groups is 1. The molecule has 1 aliphatic heterocycles. The van der Waals surface area contributed by atoms with Gasteiger partial charge in [0, 0.05) is 23.5 Å². The standard InChI is InChI=1S/C32H32F4N6O3S/c1-19(2)26-17-25(44-4)13-14-27(26)41-15-16-46-31(41)39-30(43)38-20(3)28(33)21-5-7-22(8-6-21)29-37-18-42(40-29)23-9-11-24(12-10-23)45-32(34,35)36/h5-14,17-20,28H,15-16H2,1-4H3,(H,38,43)/b39-31-. The van der Waals surface area contributed by atoms with Crippen molar-refractivity contribution < 1.29 is 31.8 Å². The Kier molecular flexibility index (Phi) is 9.85. The maximum atomic E-state index is 15.4. The molecule has 1 fully saturated rings. The number of anilines is 1. The van der Waals surface area contributed by atoms with Gasteiger partial charge in [-0.05, 0) is 66.4 Å². The van der Waals surface area contributed by atoms with Crippen LogP contribution in [-0.4, -0.2) is 57.8 Å². The second-order valence-electron chi connectivity index (χ2n) is 10.8. The Labute approximate surface area is 267 Å². The van der Waals surface area contributed by atoms with Gasteiger partial charge in [-0.1, -0.05) is 49.9 Å². The topological polar surface area (TPSA) is 93.9 Å². The molecular weight excluding hydrogens is 624 g/mol. The van der Waals surface area contributed by atoms with Crippen LogP contribution in [-0.2, 0) is 0 Å². The second-order valence-corrected chi connectivity index (χ2v) is 11.9. The SMILES string of the molecule is COc1ccc(N2CCS/C2=N\C(=O)NC(C)C(F)c2ccc(-c3ncn(-c4ccc(OC(F)(F)F)cc4)n3)cc2)c(C(C)C)c1. The van der Waals surface area contributed by atoms with Crippen LogP contribution in [0, 0.1) is 0 Å². The maximum absolute atomic E-state index is 15.4. The third-order valence-electron chi connectivity index (χ3n) is 7.23. The Bertz CT molecular complexity index is 1690. The molecule has 1 aliphatic rings. The first kappa shape index (κ1) is 32.8. The molecule has 242 valence electrons. The Morgan fingerprint density at radius 3 is 2.37 bits per heavy atom. The number of hydrogen-bond donors (Lipinski definition) is 1. The minimum absolute atomic E-state index is 0.221. The molecule has 1 aromatic heterocycles. The number of ether oxygens (including phenoxy) is 2. The van der Waals surface area contributed by atoms with Crippen molar-refractivity contribution in [1.29, 1.82) is 0 Å². The zero-order valence-electron chi connectivity index (χ0n) is 25.5. The Hall–Kier alpha value is -4.59. The van der Waals surface area contributed by atoms with E-state index in [1.165, 1.54) is 47.0 Å². The smallest absolute Gasteiger partial charge is 0.497 e. The van der Waals surface area contributed by atoms with Gasteiger partial charge in [-0.3, -0.25) is 0 Å². The molecule has 0 saturated carbocycles. The fraction of sp³-hybridized carbons (Fsp3) is 0.312. The third-order valence-corrected chi connectivity index (χ3v) is 8.18. The van der Waals surface area contributed by atoms with Crippen molar-refractivity contribution in [3.05, 3.63) is 84.2 Å². The number of carbonyl (C=O) groups is 1. The molecule has 0 bridgehead atoms. The summed E-state index contributed by atoms with van der Waals surface area (Å²) in [5.74, 6) is 1.73. The van der Waals surface area contributed by atoms with E-state index < -0.39 is 24.6 Å². The Balaban J connectivity index is 1.22. The highest BCUT2D eigenvalue weighted by molar-refractivity contribution is 8.14. The average Bonchev–Trinajstić information content (AvgIpc) is 3.70. The number of halogens is 4. The molecule has 1 saturated heterocycles. The summed E-state index contributed by atoms with van der Waals surface area (Å²) in [6.45, 7) is 6.44. The normalized spacial score (nSPS) is 15.7. The minimum atomic E-state index is -4.78. The van der Waals surface area contributed by atoms with Crippen LogP contribution in [0.25, 0.3) is 17.1 Å². The van der Waals surface area contributed by atoms with Crippen molar-refractivity contribution in [2.75, 3.05) is 24.3 Å². The highest BCUT2D eigenvalue weighted by atomic mass is 32.2. The number of methoxy groups -OCH3 is 1. The predicted octanol–water partition coefficient (Wildman–Crippen LogP) is 7.68. The van der Waals surface area contributed by atoms with Gasteiger partial charge in [0.05, 0.1) is 18.8 Å². The largest absolute Gasteiger partial charge is 0.573 e. The minimum Gasteiger partial charge on any atom is -0.497 e. The van der Waals surface area contributed by atoms with Gasteiger partial charge in [-0.25, -0.2) is 18.9 Å². The highest BCUT2D eigenvalue weighted by Crippen LogP contribution is 2.35. The molecular formula is C32H32F4N6O3S. The number of amidine groups is 1. The predicted molar refractivity (Wildman–Crippen MR) is 170 cm³/mol.